The number of nitrogens with one attached hydrogen (secondary N) is 5. The van der Waals surface area contributed by atoms with Crippen molar-refractivity contribution in [2.45, 2.75) is 70.1 Å². The highest BCUT2D eigenvalue weighted by Crippen LogP contribution is 2.20. The van der Waals surface area contributed by atoms with E-state index in [0.717, 1.165) is 22.9 Å². The van der Waals surface area contributed by atoms with Crippen LogP contribution in [0.5, 0.6) is 5.75 Å². The number of aliphatic carboxylic acids is 1. The molecule has 42 heavy (non-hydrogen) atoms. The van der Waals surface area contributed by atoms with Crippen LogP contribution in [-0.4, -0.2) is 69.6 Å². The van der Waals surface area contributed by atoms with Gasteiger partial charge in [0.25, 0.3) is 0 Å². The highest BCUT2D eigenvalue weighted by atomic mass is 16.4. The molecule has 1 aliphatic rings. The molecule has 0 bridgehead atoms. The zero-order valence-corrected chi connectivity index (χ0v) is 23.9. The number of hydrogen-bond acceptors (Lipinski definition) is 6. The van der Waals surface area contributed by atoms with Gasteiger partial charge in [-0.05, 0) is 61.1 Å². The van der Waals surface area contributed by atoms with Crippen LogP contribution in [0.2, 0.25) is 0 Å². The van der Waals surface area contributed by atoms with Gasteiger partial charge in [-0.25, -0.2) is 4.79 Å². The minimum absolute atomic E-state index is 0.0107. The molecule has 0 aliphatic carbocycles. The molecule has 1 saturated heterocycles. The van der Waals surface area contributed by atoms with E-state index in [-0.39, 0.29) is 36.8 Å². The molecule has 4 rings (SSSR count). The minimum Gasteiger partial charge on any atom is -0.508 e. The quantitative estimate of drug-likeness (QED) is 0.163. The Balaban J connectivity index is 1.59. The van der Waals surface area contributed by atoms with Crippen molar-refractivity contribution >= 4 is 34.6 Å². The van der Waals surface area contributed by atoms with Crippen LogP contribution in [-0.2, 0) is 32.0 Å². The number of fused-ring (bicyclic) bond motifs is 1. The van der Waals surface area contributed by atoms with Gasteiger partial charge in [0.2, 0.25) is 17.7 Å². The van der Waals surface area contributed by atoms with Gasteiger partial charge in [0.1, 0.15) is 23.9 Å². The number of carboxylic acid groups (broad SMARTS) is 1. The molecule has 7 N–H and O–H groups in total. The molecule has 11 nitrogen and oxygen atoms in total. The van der Waals surface area contributed by atoms with E-state index in [1.807, 2.05) is 38.1 Å². The predicted molar refractivity (Wildman–Crippen MR) is 158 cm³/mol. The highest BCUT2D eigenvalue weighted by molar-refractivity contribution is 5.95. The van der Waals surface area contributed by atoms with E-state index in [2.05, 4.69) is 26.3 Å². The SMILES string of the molecule is CC(C)CC(NC(=O)C(Cc1ccc(O)cc1)NC(=O)C(Cc1c[nH]c2ccccc12)NC(=O)C1CCCN1)C(=O)O. The van der Waals surface area contributed by atoms with Crippen molar-refractivity contribution in [3.8, 4) is 5.75 Å². The number of aromatic nitrogens is 1. The summed E-state index contributed by atoms with van der Waals surface area (Å²) >= 11 is 0. The lowest BCUT2D eigenvalue weighted by Gasteiger charge is -2.26. The number of H-pyrrole nitrogens is 1. The zero-order chi connectivity index (χ0) is 30.2. The van der Waals surface area contributed by atoms with E-state index in [9.17, 15) is 29.4 Å². The number of phenolic OH excluding ortho intramolecular Hbond substituents is 1. The van der Waals surface area contributed by atoms with Gasteiger partial charge in [0.05, 0.1) is 6.04 Å². The fraction of sp³-hybridized carbons (Fsp3) is 0.419. The van der Waals surface area contributed by atoms with Crippen molar-refractivity contribution in [2.75, 3.05) is 6.54 Å². The van der Waals surface area contributed by atoms with Gasteiger partial charge in [-0.1, -0.05) is 44.2 Å². The molecule has 1 aromatic heterocycles. The number of amides is 3. The molecule has 2 aromatic carbocycles. The average molecular weight is 578 g/mol. The molecule has 2 heterocycles. The molecular formula is C31H39N5O6. The first-order chi connectivity index (χ1) is 20.1. The first-order valence-electron chi connectivity index (χ1n) is 14.3. The van der Waals surface area contributed by atoms with Gasteiger partial charge in [0.15, 0.2) is 0 Å². The van der Waals surface area contributed by atoms with Crippen molar-refractivity contribution < 1.29 is 29.4 Å². The number of carbonyl (C=O) groups excluding carboxylic acids is 3. The van der Waals surface area contributed by atoms with E-state index in [1.54, 1.807) is 18.3 Å². The molecule has 1 aliphatic heterocycles. The van der Waals surface area contributed by atoms with E-state index in [4.69, 9.17) is 0 Å². The lowest BCUT2D eigenvalue weighted by Crippen LogP contribution is -2.58. The van der Waals surface area contributed by atoms with Crippen molar-refractivity contribution in [2.24, 2.45) is 5.92 Å². The third-order valence-corrected chi connectivity index (χ3v) is 7.44. The summed E-state index contributed by atoms with van der Waals surface area (Å²) in [6, 6.07) is 10.2. The maximum Gasteiger partial charge on any atom is 0.326 e. The Morgan fingerprint density at radius 2 is 1.57 bits per heavy atom. The predicted octanol–water partition coefficient (Wildman–Crippen LogP) is 2.00. The highest BCUT2D eigenvalue weighted by Gasteiger charge is 2.32. The van der Waals surface area contributed by atoms with Gasteiger partial charge >= 0.3 is 5.97 Å². The second kappa shape index (κ2) is 14.0. The molecule has 1 fully saturated rings. The number of benzene rings is 2. The lowest BCUT2D eigenvalue weighted by atomic mass is 10.00. The molecule has 224 valence electrons. The number of hydrogen-bond donors (Lipinski definition) is 7. The summed E-state index contributed by atoms with van der Waals surface area (Å²) in [5, 5.41) is 31.7. The topological polar surface area (TPSA) is 173 Å². The number of para-hydroxylation sites is 1. The Kier molecular flexibility index (Phi) is 10.2. The Labute approximate surface area is 244 Å². The second-order valence-corrected chi connectivity index (χ2v) is 11.2. The van der Waals surface area contributed by atoms with Crippen LogP contribution >= 0.6 is 0 Å². The fourth-order valence-corrected chi connectivity index (χ4v) is 5.22. The molecule has 0 saturated carbocycles. The van der Waals surface area contributed by atoms with Gasteiger partial charge < -0.3 is 36.5 Å². The van der Waals surface area contributed by atoms with Crippen molar-refractivity contribution in [3.05, 3.63) is 65.9 Å². The van der Waals surface area contributed by atoms with Crippen LogP contribution in [0.1, 0.15) is 44.2 Å². The van der Waals surface area contributed by atoms with E-state index in [0.29, 0.717) is 18.5 Å². The smallest absolute Gasteiger partial charge is 0.326 e. The van der Waals surface area contributed by atoms with Gasteiger partial charge in [-0.3, -0.25) is 14.4 Å². The van der Waals surface area contributed by atoms with Gasteiger partial charge in [-0.15, -0.1) is 0 Å². The number of phenols is 1. The number of rotatable bonds is 13. The maximum absolute atomic E-state index is 13.8. The Hall–Kier alpha value is -4.38. The van der Waals surface area contributed by atoms with Crippen LogP contribution in [0.25, 0.3) is 10.9 Å². The minimum atomic E-state index is -1.17. The second-order valence-electron chi connectivity index (χ2n) is 11.2. The van der Waals surface area contributed by atoms with Crippen molar-refractivity contribution in [1.29, 1.82) is 0 Å². The Morgan fingerprint density at radius 1 is 0.905 bits per heavy atom. The Morgan fingerprint density at radius 3 is 2.21 bits per heavy atom. The summed E-state index contributed by atoms with van der Waals surface area (Å²) in [5.74, 6) is -2.62. The van der Waals surface area contributed by atoms with E-state index in [1.165, 1.54) is 12.1 Å². The van der Waals surface area contributed by atoms with Crippen LogP contribution < -0.4 is 21.3 Å². The molecule has 0 radical (unpaired) electrons. The first-order valence-corrected chi connectivity index (χ1v) is 14.3. The van der Waals surface area contributed by atoms with Crippen LogP contribution in [0.15, 0.2) is 54.7 Å². The molecular weight excluding hydrogens is 538 g/mol. The largest absolute Gasteiger partial charge is 0.508 e. The average Bonchev–Trinajstić information content (AvgIpc) is 3.64. The molecule has 0 spiro atoms. The van der Waals surface area contributed by atoms with Crippen molar-refractivity contribution in [1.82, 2.24) is 26.3 Å². The molecule has 3 aromatic rings. The zero-order valence-electron chi connectivity index (χ0n) is 23.9. The third-order valence-electron chi connectivity index (χ3n) is 7.44. The van der Waals surface area contributed by atoms with Crippen LogP contribution in [0.3, 0.4) is 0 Å². The molecule has 4 atom stereocenters. The monoisotopic (exact) mass is 577 g/mol. The van der Waals surface area contributed by atoms with E-state index >= 15 is 0 Å². The van der Waals surface area contributed by atoms with Crippen LogP contribution in [0.4, 0.5) is 0 Å². The summed E-state index contributed by atoms with van der Waals surface area (Å²) in [5.41, 5.74) is 2.37. The molecule has 11 heteroatoms. The number of carboxylic acids is 1. The number of aromatic hydroxyl groups is 1. The third kappa shape index (κ3) is 8.10. The van der Waals surface area contributed by atoms with Crippen molar-refractivity contribution in [3.63, 3.8) is 0 Å². The Bertz CT molecular complexity index is 1400. The first kappa shape index (κ1) is 30.6. The number of carbonyl (C=O) groups is 4. The van der Waals surface area contributed by atoms with Crippen LogP contribution in [0, 0.1) is 5.92 Å². The number of aromatic amines is 1. The summed E-state index contributed by atoms with van der Waals surface area (Å²) in [7, 11) is 0. The standard InChI is InChI=1S/C31H39N5O6/c1-18(2)14-27(31(41)42)36-29(39)25(15-19-9-11-21(37)12-10-19)34-30(40)26(35-28(38)24-8-5-13-32-24)16-20-17-33-23-7-4-3-6-22(20)23/h3-4,6-7,9-12,17-18,24-27,32-33,37H,5,8,13-16H2,1-2H3,(H,34,40)(H,35,38)(H,36,39)(H,41,42). The molecule has 3 amide bonds. The maximum atomic E-state index is 13.8. The summed E-state index contributed by atoms with van der Waals surface area (Å²) in [6.45, 7) is 4.43. The van der Waals surface area contributed by atoms with Gasteiger partial charge in [-0.2, -0.15) is 0 Å². The van der Waals surface area contributed by atoms with Gasteiger partial charge in [0, 0.05) is 29.9 Å². The lowest BCUT2D eigenvalue weighted by molar-refractivity contribution is -0.142. The summed E-state index contributed by atoms with van der Waals surface area (Å²) in [4.78, 5) is 55.4. The normalized spacial score (nSPS) is 17.0. The fourth-order valence-electron chi connectivity index (χ4n) is 5.22. The summed E-state index contributed by atoms with van der Waals surface area (Å²) < 4.78 is 0. The molecule has 4 unspecified atom stereocenters. The van der Waals surface area contributed by atoms with E-state index < -0.39 is 42.0 Å². The summed E-state index contributed by atoms with van der Waals surface area (Å²) in [6.07, 6.45) is 3.75.